The maximum absolute atomic E-state index is 14.1. The average Bonchev–Trinajstić information content (AvgIpc) is 3.41. The van der Waals surface area contributed by atoms with Gasteiger partial charge in [-0.05, 0) is 35.9 Å². The van der Waals surface area contributed by atoms with Crippen molar-refractivity contribution in [3.05, 3.63) is 99.3 Å². The summed E-state index contributed by atoms with van der Waals surface area (Å²) in [5, 5.41) is 0.346. The minimum absolute atomic E-state index is 0.115. The highest BCUT2D eigenvalue weighted by Gasteiger charge is 2.74. The van der Waals surface area contributed by atoms with Crippen LogP contribution in [0.15, 0.2) is 66.7 Å². The zero-order chi connectivity index (χ0) is 24.6. The van der Waals surface area contributed by atoms with Gasteiger partial charge in [0, 0.05) is 11.1 Å². The molecular weight excluding hydrogens is 496 g/mol. The molecule has 0 saturated carbocycles. The summed E-state index contributed by atoms with van der Waals surface area (Å²) in [6, 6.07) is 15.7. The summed E-state index contributed by atoms with van der Waals surface area (Å²) in [7, 11) is 0. The maximum Gasteiger partial charge on any atom is 0.241 e. The van der Waals surface area contributed by atoms with Crippen molar-refractivity contribution in [1.82, 2.24) is 0 Å². The van der Waals surface area contributed by atoms with Crippen LogP contribution in [0.4, 0.5) is 10.1 Å². The van der Waals surface area contributed by atoms with Crippen LogP contribution in [-0.2, 0) is 14.3 Å². The van der Waals surface area contributed by atoms with Gasteiger partial charge in [0.15, 0.2) is 0 Å². The number of ether oxygens (including phenoxy) is 1. The number of hydrogen-bond donors (Lipinski definition) is 0. The number of Topliss-reactive ketones (excluding diaryl/α,β-unsaturated/α-hetero) is 2. The Morgan fingerprint density at radius 3 is 2.11 bits per heavy atom. The van der Waals surface area contributed by atoms with Crippen LogP contribution in [0.1, 0.15) is 32.4 Å². The highest BCUT2D eigenvalue weighted by Crippen LogP contribution is 2.57. The molecule has 0 radical (unpaired) electrons. The molecule has 1 spiro atoms. The van der Waals surface area contributed by atoms with Gasteiger partial charge >= 0.3 is 0 Å². The largest absolute Gasteiger partial charge is 0.349 e. The van der Waals surface area contributed by atoms with Crippen LogP contribution in [0, 0.1) is 17.7 Å². The third-order valence-electron chi connectivity index (χ3n) is 6.86. The number of anilines is 1. The van der Waals surface area contributed by atoms with Crippen LogP contribution >= 0.6 is 23.2 Å². The van der Waals surface area contributed by atoms with E-state index in [1.54, 1.807) is 12.1 Å². The first-order valence-electron chi connectivity index (χ1n) is 10.7. The molecule has 2 heterocycles. The number of ketones is 2. The van der Waals surface area contributed by atoms with E-state index >= 15 is 0 Å². The van der Waals surface area contributed by atoms with E-state index in [1.165, 1.54) is 48.5 Å². The minimum Gasteiger partial charge on any atom is -0.349 e. The second-order valence-corrected chi connectivity index (χ2v) is 9.46. The number of fused-ring (bicyclic) bond motifs is 3. The van der Waals surface area contributed by atoms with Gasteiger partial charge < -0.3 is 4.74 Å². The number of benzene rings is 3. The molecule has 6 nitrogen and oxygen atoms in total. The first-order valence-corrected chi connectivity index (χ1v) is 11.5. The molecule has 35 heavy (non-hydrogen) atoms. The summed E-state index contributed by atoms with van der Waals surface area (Å²) >= 11 is 12.1. The predicted molar refractivity (Wildman–Crippen MR) is 124 cm³/mol. The Labute approximate surface area is 208 Å². The topological polar surface area (TPSA) is 80.8 Å². The number of amides is 2. The predicted octanol–water partition coefficient (Wildman–Crippen LogP) is 4.83. The fourth-order valence-corrected chi connectivity index (χ4v) is 5.67. The molecule has 2 amide bonds. The summed E-state index contributed by atoms with van der Waals surface area (Å²) in [6.45, 7) is 0. The lowest BCUT2D eigenvalue weighted by molar-refractivity contribution is -0.127. The van der Waals surface area contributed by atoms with Crippen molar-refractivity contribution in [1.29, 1.82) is 0 Å². The quantitative estimate of drug-likeness (QED) is 0.365. The molecule has 9 heteroatoms. The van der Waals surface area contributed by atoms with Gasteiger partial charge in [-0.25, -0.2) is 9.29 Å². The smallest absolute Gasteiger partial charge is 0.241 e. The van der Waals surface area contributed by atoms with Crippen molar-refractivity contribution in [2.75, 3.05) is 4.90 Å². The summed E-state index contributed by atoms with van der Waals surface area (Å²) in [5.74, 6) is -6.10. The molecule has 6 rings (SSSR count). The molecule has 1 aliphatic carbocycles. The van der Waals surface area contributed by atoms with Crippen LogP contribution < -0.4 is 4.90 Å². The van der Waals surface area contributed by atoms with E-state index in [-0.39, 0.29) is 32.4 Å². The van der Waals surface area contributed by atoms with E-state index in [2.05, 4.69) is 0 Å². The zero-order valence-electron chi connectivity index (χ0n) is 17.7. The second kappa shape index (κ2) is 7.55. The Bertz CT molecular complexity index is 1450. The number of hydrogen-bond acceptors (Lipinski definition) is 5. The van der Waals surface area contributed by atoms with E-state index < -0.39 is 52.7 Å². The van der Waals surface area contributed by atoms with Gasteiger partial charge in [0.2, 0.25) is 29.0 Å². The number of carbonyl (C=O) groups excluding carboxylic acids is 4. The molecular formula is C26H14Cl2FNO5. The molecule has 2 saturated heterocycles. The summed E-state index contributed by atoms with van der Waals surface area (Å²) in [5.41, 5.74) is -1.62. The molecule has 3 aromatic carbocycles. The van der Waals surface area contributed by atoms with Gasteiger partial charge in [-0.3, -0.25) is 19.2 Å². The van der Waals surface area contributed by atoms with E-state index in [4.69, 9.17) is 27.9 Å². The maximum atomic E-state index is 14.1. The highest BCUT2D eigenvalue weighted by atomic mass is 35.5. The summed E-state index contributed by atoms with van der Waals surface area (Å²) in [4.78, 5) is 55.8. The van der Waals surface area contributed by atoms with Gasteiger partial charge in [-0.15, -0.1) is 0 Å². The monoisotopic (exact) mass is 509 g/mol. The lowest BCUT2D eigenvalue weighted by Gasteiger charge is -2.27. The van der Waals surface area contributed by atoms with Crippen LogP contribution in [0.3, 0.4) is 0 Å². The van der Waals surface area contributed by atoms with E-state index in [9.17, 15) is 23.6 Å². The van der Waals surface area contributed by atoms with Gasteiger partial charge in [-0.2, -0.15) is 0 Å². The molecule has 3 aromatic rings. The van der Waals surface area contributed by atoms with Crippen molar-refractivity contribution in [3.63, 3.8) is 0 Å². The molecule has 174 valence electrons. The number of imide groups is 1. The Morgan fingerprint density at radius 2 is 1.49 bits per heavy atom. The molecule has 0 bridgehead atoms. The van der Waals surface area contributed by atoms with Crippen LogP contribution in [0.25, 0.3) is 0 Å². The third kappa shape index (κ3) is 2.86. The molecule has 3 atom stereocenters. The van der Waals surface area contributed by atoms with Gasteiger partial charge in [0.25, 0.3) is 0 Å². The first kappa shape index (κ1) is 22.1. The van der Waals surface area contributed by atoms with E-state index in [1.807, 2.05) is 0 Å². The number of rotatable bonds is 2. The number of carbonyl (C=O) groups is 4. The highest BCUT2D eigenvalue weighted by molar-refractivity contribution is 6.42. The summed E-state index contributed by atoms with van der Waals surface area (Å²) in [6.07, 6.45) is -1.21. The molecule has 2 aliphatic heterocycles. The number of halogens is 3. The van der Waals surface area contributed by atoms with Gasteiger partial charge in [0.05, 0.1) is 33.7 Å². The molecule has 0 aromatic heterocycles. The molecule has 2 fully saturated rings. The van der Waals surface area contributed by atoms with E-state index in [0.29, 0.717) is 0 Å². The minimum atomic E-state index is -2.23. The molecule has 0 unspecified atom stereocenters. The zero-order valence-corrected chi connectivity index (χ0v) is 19.2. The van der Waals surface area contributed by atoms with Crippen molar-refractivity contribution >= 4 is 52.3 Å². The SMILES string of the molecule is O=C1[C@H]2[C@H](c3cccc(F)c3)OC3(C(=O)c4ccccc4C3=O)[C@H]2C(=O)N1c1ccc(Cl)c(Cl)c1. The molecule has 3 aliphatic rings. The molecule has 0 N–H and O–H groups in total. The first-order chi connectivity index (χ1) is 16.8. The second-order valence-electron chi connectivity index (χ2n) is 8.65. The standard InChI is InChI=1S/C26H14Cl2FNO5/c27-17-9-8-14(11-18(17)28)30-24(33)19-20(25(30)34)26(35-21(19)12-4-3-5-13(29)10-12)22(31)15-6-1-2-7-16(15)23(26)32/h1-11,19-21H/t19-,20-,21+/m1/s1. The Kier molecular flexibility index (Phi) is 4.77. The Morgan fingerprint density at radius 1 is 0.800 bits per heavy atom. The summed E-state index contributed by atoms with van der Waals surface area (Å²) < 4.78 is 20.2. The van der Waals surface area contributed by atoms with Crippen molar-refractivity contribution < 1.29 is 28.3 Å². The Balaban J connectivity index is 1.55. The van der Waals surface area contributed by atoms with Crippen molar-refractivity contribution in [2.45, 2.75) is 11.7 Å². The lowest BCUT2D eigenvalue weighted by Crippen LogP contribution is -2.51. The number of nitrogens with zero attached hydrogens (tertiary/aromatic N) is 1. The third-order valence-corrected chi connectivity index (χ3v) is 7.60. The van der Waals surface area contributed by atoms with Crippen molar-refractivity contribution in [2.24, 2.45) is 11.8 Å². The van der Waals surface area contributed by atoms with Crippen molar-refractivity contribution in [3.8, 4) is 0 Å². The lowest BCUT2D eigenvalue weighted by atomic mass is 9.77. The van der Waals surface area contributed by atoms with Crippen LogP contribution in [0.5, 0.6) is 0 Å². The van der Waals surface area contributed by atoms with Gasteiger partial charge in [-0.1, -0.05) is 59.6 Å². The van der Waals surface area contributed by atoms with Crippen LogP contribution in [0.2, 0.25) is 10.0 Å². The normalized spacial score (nSPS) is 24.4. The fourth-order valence-electron chi connectivity index (χ4n) is 5.38. The van der Waals surface area contributed by atoms with E-state index in [0.717, 1.165) is 11.0 Å². The Hall–Kier alpha value is -3.39. The fraction of sp³-hybridized carbons (Fsp3) is 0.154. The average molecular weight is 510 g/mol. The van der Waals surface area contributed by atoms with Crippen LogP contribution in [-0.4, -0.2) is 29.0 Å². The van der Waals surface area contributed by atoms with Gasteiger partial charge in [0.1, 0.15) is 5.82 Å².